The number of hydrogen-bond donors (Lipinski definition) is 2. The number of carboxylic acids is 1. The molecule has 0 spiro atoms. The third-order valence-corrected chi connectivity index (χ3v) is 5.00. The molecule has 0 saturated heterocycles. The predicted octanol–water partition coefficient (Wildman–Crippen LogP) is 3.89. The van der Waals surface area contributed by atoms with Crippen LogP contribution in [0.4, 0.5) is 0 Å². The van der Waals surface area contributed by atoms with E-state index in [0.29, 0.717) is 37.2 Å². The minimum Gasteiger partial charge on any atom is -0.491 e. The molecule has 0 heterocycles. The van der Waals surface area contributed by atoms with Gasteiger partial charge in [-0.05, 0) is 43.2 Å². The van der Waals surface area contributed by atoms with Crippen LogP contribution < -0.4 is 14.8 Å². The summed E-state index contributed by atoms with van der Waals surface area (Å²) < 4.78 is 17.0. The van der Waals surface area contributed by atoms with Crippen molar-refractivity contribution in [1.82, 2.24) is 5.32 Å². The Morgan fingerprint density at radius 1 is 0.931 bits per heavy atom. The van der Waals surface area contributed by atoms with Gasteiger partial charge in [-0.2, -0.15) is 0 Å². The molecule has 2 aromatic rings. The van der Waals surface area contributed by atoms with Gasteiger partial charge in [0, 0.05) is 18.2 Å². The molecule has 0 bridgehead atoms. The molecule has 156 valence electrons. The SMILES string of the molecule is O=C(O)c1ccccc1COc1ccc(OCCOCCNC2CCCC2)cc1. The van der Waals surface area contributed by atoms with Crippen LogP contribution in [0, 0.1) is 0 Å². The highest BCUT2D eigenvalue weighted by molar-refractivity contribution is 5.89. The Morgan fingerprint density at radius 2 is 1.62 bits per heavy atom. The molecular weight excluding hydrogens is 370 g/mol. The van der Waals surface area contributed by atoms with Gasteiger partial charge in [0.2, 0.25) is 0 Å². The van der Waals surface area contributed by atoms with Crippen molar-refractivity contribution in [1.29, 1.82) is 0 Å². The first kappa shape index (κ1) is 21.1. The van der Waals surface area contributed by atoms with Crippen LogP contribution in [0.2, 0.25) is 0 Å². The van der Waals surface area contributed by atoms with E-state index in [1.807, 2.05) is 24.3 Å². The highest BCUT2D eigenvalue weighted by Crippen LogP contribution is 2.20. The third-order valence-electron chi connectivity index (χ3n) is 5.00. The number of hydrogen-bond acceptors (Lipinski definition) is 5. The zero-order chi connectivity index (χ0) is 20.3. The fourth-order valence-electron chi connectivity index (χ4n) is 3.43. The molecule has 1 fully saturated rings. The normalized spacial score (nSPS) is 14.1. The monoisotopic (exact) mass is 399 g/mol. The number of nitrogens with one attached hydrogen (secondary N) is 1. The molecule has 0 aromatic heterocycles. The van der Waals surface area contributed by atoms with Crippen LogP contribution >= 0.6 is 0 Å². The topological polar surface area (TPSA) is 77.0 Å². The number of ether oxygens (including phenoxy) is 3. The Balaban J connectivity index is 1.31. The quantitative estimate of drug-likeness (QED) is 0.527. The van der Waals surface area contributed by atoms with Crippen molar-refractivity contribution < 1.29 is 24.1 Å². The van der Waals surface area contributed by atoms with E-state index in [4.69, 9.17) is 14.2 Å². The molecule has 1 saturated carbocycles. The molecule has 1 aliphatic carbocycles. The third kappa shape index (κ3) is 7.07. The lowest BCUT2D eigenvalue weighted by molar-refractivity contribution is 0.0694. The Hall–Kier alpha value is -2.57. The molecule has 2 N–H and O–H groups in total. The molecule has 3 rings (SSSR count). The largest absolute Gasteiger partial charge is 0.491 e. The maximum atomic E-state index is 11.2. The Labute approximate surface area is 171 Å². The van der Waals surface area contributed by atoms with Crippen molar-refractivity contribution in [2.24, 2.45) is 0 Å². The van der Waals surface area contributed by atoms with E-state index < -0.39 is 5.97 Å². The summed E-state index contributed by atoms with van der Waals surface area (Å²) in [5.74, 6) is 0.451. The lowest BCUT2D eigenvalue weighted by Gasteiger charge is -2.12. The van der Waals surface area contributed by atoms with Crippen molar-refractivity contribution in [3.8, 4) is 11.5 Å². The second-order valence-corrected chi connectivity index (χ2v) is 7.12. The summed E-state index contributed by atoms with van der Waals surface area (Å²) in [5, 5.41) is 12.7. The number of aromatic carboxylic acids is 1. The summed E-state index contributed by atoms with van der Waals surface area (Å²) in [6.45, 7) is 2.84. The van der Waals surface area contributed by atoms with E-state index in [-0.39, 0.29) is 12.2 Å². The molecule has 29 heavy (non-hydrogen) atoms. The van der Waals surface area contributed by atoms with E-state index in [1.165, 1.54) is 25.7 Å². The molecule has 0 amide bonds. The first-order valence-electron chi connectivity index (χ1n) is 10.2. The zero-order valence-corrected chi connectivity index (χ0v) is 16.6. The van der Waals surface area contributed by atoms with Gasteiger partial charge >= 0.3 is 5.97 Å². The average molecular weight is 399 g/mol. The van der Waals surface area contributed by atoms with Crippen LogP contribution in [0.3, 0.4) is 0 Å². The van der Waals surface area contributed by atoms with Crippen LogP contribution in [0.25, 0.3) is 0 Å². The summed E-state index contributed by atoms with van der Waals surface area (Å²) in [5.41, 5.74) is 0.894. The van der Waals surface area contributed by atoms with E-state index in [1.54, 1.807) is 24.3 Å². The van der Waals surface area contributed by atoms with Crippen molar-refractivity contribution >= 4 is 5.97 Å². The molecule has 0 aliphatic heterocycles. The Morgan fingerprint density at radius 3 is 2.34 bits per heavy atom. The van der Waals surface area contributed by atoms with Crippen molar-refractivity contribution in [2.45, 2.75) is 38.3 Å². The number of carboxylic acid groups (broad SMARTS) is 1. The van der Waals surface area contributed by atoms with Gasteiger partial charge in [0.1, 0.15) is 24.7 Å². The van der Waals surface area contributed by atoms with E-state index in [2.05, 4.69) is 5.32 Å². The minimum absolute atomic E-state index is 0.200. The van der Waals surface area contributed by atoms with Crippen LogP contribution in [-0.4, -0.2) is 43.5 Å². The molecule has 0 unspecified atom stereocenters. The number of rotatable bonds is 12. The zero-order valence-electron chi connectivity index (χ0n) is 16.6. The van der Waals surface area contributed by atoms with Crippen molar-refractivity contribution in [2.75, 3.05) is 26.4 Å². The molecule has 6 nitrogen and oxygen atoms in total. The summed E-state index contributed by atoms with van der Waals surface area (Å²) >= 11 is 0. The smallest absolute Gasteiger partial charge is 0.336 e. The highest BCUT2D eigenvalue weighted by Gasteiger charge is 2.13. The molecule has 1 aliphatic rings. The highest BCUT2D eigenvalue weighted by atomic mass is 16.5. The summed E-state index contributed by atoms with van der Waals surface area (Å²) in [7, 11) is 0. The average Bonchev–Trinajstić information content (AvgIpc) is 3.26. The number of benzene rings is 2. The summed E-state index contributed by atoms with van der Waals surface area (Å²) in [6, 6.07) is 14.8. The van der Waals surface area contributed by atoms with Gasteiger partial charge in [-0.3, -0.25) is 0 Å². The van der Waals surface area contributed by atoms with E-state index in [9.17, 15) is 9.90 Å². The van der Waals surface area contributed by atoms with Crippen molar-refractivity contribution in [3.05, 3.63) is 59.7 Å². The van der Waals surface area contributed by atoms with Gasteiger partial charge < -0.3 is 24.6 Å². The van der Waals surface area contributed by atoms with E-state index in [0.717, 1.165) is 12.3 Å². The second-order valence-electron chi connectivity index (χ2n) is 7.12. The maximum Gasteiger partial charge on any atom is 0.336 e. The Bertz CT molecular complexity index is 756. The van der Waals surface area contributed by atoms with Crippen LogP contribution in [-0.2, 0) is 11.3 Å². The van der Waals surface area contributed by atoms with Gasteiger partial charge in [-0.25, -0.2) is 4.79 Å². The van der Waals surface area contributed by atoms with Crippen molar-refractivity contribution in [3.63, 3.8) is 0 Å². The summed E-state index contributed by atoms with van der Waals surface area (Å²) in [4.78, 5) is 11.2. The lowest BCUT2D eigenvalue weighted by Crippen LogP contribution is -2.29. The van der Waals surface area contributed by atoms with Crippen LogP contribution in [0.15, 0.2) is 48.5 Å². The summed E-state index contributed by atoms with van der Waals surface area (Å²) in [6.07, 6.45) is 5.25. The van der Waals surface area contributed by atoms with E-state index >= 15 is 0 Å². The van der Waals surface area contributed by atoms with Gasteiger partial charge in [0.15, 0.2) is 0 Å². The lowest BCUT2D eigenvalue weighted by atomic mass is 10.1. The second kappa shape index (κ2) is 11.4. The van der Waals surface area contributed by atoms with Crippen LogP contribution in [0.1, 0.15) is 41.6 Å². The molecule has 0 radical (unpaired) electrons. The first-order valence-corrected chi connectivity index (χ1v) is 10.2. The molecule has 6 heteroatoms. The van der Waals surface area contributed by atoms with Gasteiger partial charge in [-0.15, -0.1) is 0 Å². The molecule has 2 aromatic carbocycles. The molecule has 0 atom stereocenters. The van der Waals surface area contributed by atoms with Crippen LogP contribution in [0.5, 0.6) is 11.5 Å². The molecular formula is C23H29NO5. The van der Waals surface area contributed by atoms with Gasteiger partial charge in [0.25, 0.3) is 0 Å². The standard InChI is InChI=1S/C23H29NO5/c25-23(26)22-8-4-1-5-18(22)17-29-21-11-9-20(10-12-21)28-16-15-27-14-13-24-19-6-2-3-7-19/h1,4-5,8-12,19,24H,2-3,6-7,13-17H2,(H,25,26). The number of carbonyl (C=O) groups is 1. The fraction of sp³-hybridized carbons (Fsp3) is 0.435. The van der Waals surface area contributed by atoms with Gasteiger partial charge in [-0.1, -0.05) is 31.0 Å². The minimum atomic E-state index is -0.954. The Kier molecular flexibility index (Phi) is 8.34. The van der Waals surface area contributed by atoms with Gasteiger partial charge in [0.05, 0.1) is 18.8 Å². The maximum absolute atomic E-state index is 11.2. The predicted molar refractivity (Wildman–Crippen MR) is 111 cm³/mol. The fourth-order valence-corrected chi connectivity index (χ4v) is 3.43. The first-order chi connectivity index (χ1) is 14.2.